The van der Waals surface area contributed by atoms with E-state index in [1.54, 1.807) is 18.5 Å². The first kappa shape index (κ1) is 15.5. The molecule has 0 aromatic carbocycles. The molecule has 1 amide bonds. The topological polar surface area (TPSA) is 71.3 Å². The highest BCUT2D eigenvalue weighted by atomic mass is 16.5. The van der Waals surface area contributed by atoms with Crippen molar-refractivity contribution in [3.05, 3.63) is 35.9 Å². The summed E-state index contributed by atoms with van der Waals surface area (Å²) in [7, 11) is 0. The van der Waals surface area contributed by atoms with Gasteiger partial charge in [0.1, 0.15) is 5.76 Å². The van der Waals surface area contributed by atoms with Crippen molar-refractivity contribution in [3.63, 3.8) is 0 Å². The van der Waals surface area contributed by atoms with Crippen molar-refractivity contribution in [2.45, 2.75) is 45.6 Å². The van der Waals surface area contributed by atoms with Crippen molar-refractivity contribution < 1.29 is 9.32 Å². The molecule has 0 aliphatic carbocycles. The van der Waals surface area contributed by atoms with Crippen LogP contribution in [0.3, 0.4) is 0 Å². The van der Waals surface area contributed by atoms with Gasteiger partial charge in [0.15, 0.2) is 5.82 Å². The molecule has 1 unspecified atom stereocenters. The van der Waals surface area contributed by atoms with Crippen molar-refractivity contribution >= 4 is 17.4 Å². The third-order valence-corrected chi connectivity index (χ3v) is 4.24. The maximum Gasteiger partial charge on any atom is 0.255 e. The number of aromatic nitrogens is 2. The van der Waals surface area contributed by atoms with E-state index in [0.29, 0.717) is 17.4 Å². The molecule has 23 heavy (non-hydrogen) atoms. The molecule has 1 aliphatic rings. The van der Waals surface area contributed by atoms with Gasteiger partial charge in [0, 0.05) is 24.8 Å². The largest absolute Gasteiger partial charge is 0.360 e. The predicted octanol–water partition coefficient (Wildman–Crippen LogP) is 3.53. The second kappa shape index (κ2) is 6.81. The molecule has 0 bridgehead atoms. The molecular formula is C17H22N4O2. The van der Waals surface area contributed by atoms with Gasteiger partial charge in [-0.05, 0) is 38.7 Å². The van der Waals surface area contributed by atoms with Crippen LogP contribution in [0, 0.1) is 6.92 Å². The van der Waals surface area contributed by atoms with Gasteiger partial charge in [0.05, 0.1) is 17.4 Å². The number of hydrogen-bond acceptors (Lipinski definition) is 5. The van der Waals surface area contributed by atoms with Gasteiger partial charge < -0.3 is 14.7 Å². The van der Waals surface area contributed by atoms with E-state index in [-0.39, 0.29) is 5.91 Å². The molecule has 3 rings (SSSR count). The zero-order valence-electron chi connectivity index (χ0n) is 13.6. The van der Waals surface area contributed by atoms with Crippen molar-refractivity contribution in [2.24, 2.45) is 0 Å². The molecule has 2 aromatic rings. The Bertz CT molecular complexity index is 683. The van der Waals surface area contributed by atoms with Crippen LogP contribution in [0.25, 0.3) is 0 Å². The van der Waals surface area contributed by atoms with Crippen LogP contribution in [-0.2, 0) is 0 Å². The first-order valence-corrected chi connectivity index (χ1v) is 8.13. The van der Waals surface area contributed by atoms with Gasteiger partial charge in [0.25, 0.3) is 5.91 Å². The lowest BCUT2D eigenvalue weighted by Gasteiger charge is -2.35. The monoisotopic (exact) mass is 314 g/mol. The molecule has 1 aliphatic heterocycles. The SMILES string of the molecule is CCC1CCCCN1C(=O)c1cncc(Nc2cc(C)on2)c1. The van der Waals surface area contributed by atoms with Crippen molar-refractivity contribution in [1.82, 2.24) is 15.0 Å². The molecule has 0 spiro atoms. The number of rotatable bonds is 4. The Morgan fingerprint density at radius 3 is 3.00 bits per heavy atom. The number of anilines is 2. The average molecular weight is 314 g/mol. The van der Waals surface area contributed by atoms with Gasteiger partial charge in [-0.3, -0.25) is 9.78 Å². The summed E-state index contributed by atoms with van der Waals surface area (Å²) in [5.74, 6) is 1.40. The molecule has 1 fully saturated rings. The molecule has 2 aromatic heterocycles. The summed E-state index contributed by atoms with van der Waals surface area (Å²) < 4.78 is 5.03. The Morgan fingerprint density at radius 1 is 1.39 bits per heavy atom. The number of amides is 1. The highest BCUT2D eigenvalue weighted by Crippen LogP contribution is 2.23. The quantitative estimate of drug-likeness (QED) is 0.934. The number of pyridine rings is 1. The smallest absolute Gasteiger partial charge is 0.255 e. The van der Waals surface area contributed by atoms with E-state index in [0.717, 1.165) is 37.3 Å². The summed E-state index contributed by atoms with van der Waals surface area (Å²) in [5, 5.41) is 7.00. The average Bonchev–Trinajstić information content (AvgIpc) is 2.99. The normalized spacial score (nSPS) is 18.0. The third kappa shape index (κ3) is 3.52. The molecule has 0 saturated carbocycles. The van der Waals surface area contributed by atoms with Crippen LogP contribution in [0.2, 0.25) is 0 Å². The second-order valence-corrected chi connectivity index (χ2v) is 5.97. The summed E-state index contributed by atoms with van der Waals surface area (Å²) in [4.78, 5) is 19.0. The number of likely N-dealkylation sites (tertiary alicyclic amines) is 1. The number of aryl methyl sites for hydroxylation is 1. The fraction of sp³-hybridized carbons (Fsp3) is 0.471. The first-order chi connectivity index (χ1) is 11.2. The molecule has 1 atom stereocenters. The predicted molar refractivity (Wildman–Crippen MR) is 87.7 cm³/mol. The van der Waals surface area contributed by atoms with Gasteiger partial charge in [0.2, 0.25) is 0 Å². The summed E-state index contributed by atoms with van der Waals surface area (Å²) >= 11 is 0. The van der Waals surface area contributed by atoms with Crippen molar-refractivity contribution in [2.75, 3.05) is 11.9 Å². The summed E-state index contributed by atoms with van der Waals surface area (Å²) in [6.45, 7) is 4.80. The minimum absolute atomic E-state index is 0.0593. The third-order valence-electron chi connectivity index (χ3n) is 4.24. The van der Waals surface area contributed by atoms with Crippen molar-refractivity contribution in [3.8, 4) is 0 Å². The second-order valence-electron chi connectivity index (χ2n) is 5.97. The van der Waals surface area contributed by atoms with E-state index in [1.807, 2.05) is 17.9 Å². The van der Waals surface area contributed by atoms with Gasteiger partial charge in [-0.2, -0.15) is 0 Å². The summed E-state index contributed by atoms with van der Waals surface area (Å²) in [6.07, 6.45) is 7.66. The molecular weight excluding hydrogens is 292 g/mol. The Kier molecular flexibility index (Phi) is 4.60. The number of piperidine rings is 1. The number of nitrogens with one attached hydrogen (secondary N) is 1. The molecule has 6 heteroatoms. The van der Waals surface area contributed by atoms with Crippen LogP contribution >= 0.6 is 0 Å². The van der Waals surface area contributed by atoms with E-state index in [1.165, 1.54) is 6.42 Å². The van der Waals surface area contributed by atoms with Gasteiger partial charge in [-0.25, -0.2) is 0 Å². The van der Waals surface area contributed by atoms with Gasteiger partial charge in [-0.15, -0.1) is 0 Å². The van der Waals surface area contributed by atoms with Crippen LogP contribution in [0.4, 0.5) is 11.5 Å². The first-order valence-electron chi connectivity index (χ1n) is 8.13. The number of carbonyl (C=O) groups excluding carboxylic acids is 1. The Labute approximate surface area is 135 Å². The summed E-state index contributed by atoms with van der Waals surface area (Å²) in [5.41, 5.74) is 1.34. The lowest BCUT2D eigenvalue weighted by atomic mass is 9.99. The minimum Gasteiger partial charge on any atom is -0.360 e. The Balaban J connectivity index is 1.77. The highest BCUT2D eigenvalue weighted by molar-refractivity contribution is 5.95. The lowest BCUT2D eigenvalue weighted by Crippen LogP contribution is -2.43. The van der Waals surface area contributed by atoms with Crippen molar-refractivity contribution in [1.29, 1.82) is 0 Å². The maximum absolute atomic E-state index is 12.8. The van der Waals surface area contributed by atoms with Crippen LogP contribution in [0.1, 0.15) is 48.7 Å². The summed E-state index contributed by atoms with van der Waals surface area (Å²) in [6, 6.07) is 3.96. The van der Waals surface area contributed by atoms with E-state index in [9.17, 15) is 4.79 Å². The molecule has 6 nitrogen and oxygen atoms in total. The number of nitrogens with zero attached hydrogens (tertiary/aromatic N) is 3. The number of hydrogen-bond donors (Lipinski definition) is 1. The molecule has 0 radical (unpaired) electrons. The van der Waals surface area contributed by atoms with Crippen LogP contribution in [-0.4, -0.2) is 33.5 Å². The van der Waals surface area contributed by atoms with Gasteiger partial charge in [-0.1, -0.05) is 12.1 Å². The fourth-order valence-electron chi connectivity index (χ4n) is 3.06. The standard InChI is InChI=1S/C17H22N4O2/c1-3-15-6-4-5-7-21(15)17(22)13-9-14(11-18-10-13)19-16-8-12(2)23-20-16/h8-11,15H,3-7H2,1-2H3,(H,19,20). The number of carbonyl (C=O) groups is 1. The molecule has 122 valence electrons. The Hall–Kier alpha value is -2.37. The van der Waals surface area contributed by atoms with E-state index in [4.69, 9.17) is 4.52 Å². The zero-order valence-corrected chi connectivity index (χ0v) is 13.6. The maximum atomic E-state index is 12.8. The molecule has 1 N–H and O–H groups in total. The fourth-order valence-corrected chi connectivity index (χ4v) is 3.06. The minimum atomic E-state index is 0.0593. The van der Waals surface area contributed by atoms with Gasteiger partial charge >= 0.3 is 0 Å². The van der Waals surface area contributed by atoms with E-state index >= 15 is 0 Å². The van der Waals surface area contributed by atoms with E-state index in [2.05, 4.69) is 22.4 Å². The van der Waals surface area contributed by atoms with Crippen LogP contribution < -0.4 is 5.32 Å². The highest BCUT2D eigenvalue weighted by Gasteiger charge is 2.26. The van der Waals surface area contributed by atoms with Crippen LogP contribution in [0.15, 0.2) is 29.0 Å². The van der Waals surface area contributed by atoms with E-state index < -0.39 is 0 Å². The van der Waals surface area contributed by atoms with Crippen LogP contribution in [0.5, 0.6) is 0 Å². The molecule has 3 heterocycles. The Morgan fingerprint density at radius 2 is 2.26 bits per heavy atom. The lowest BCUT2D eigenvalue weighted by molar-refractivity contribution is 0.0607. The zero-order chi connectivity index (χ0) is 16.2. The molecule has 1 saturated heterocycles.